The molecule has 0 atom stereocenters. The number of aromatic amines is 1. The van der Waals surface area contributed by atoms with Crippen molar-refractivity contribution in [3.05, 3.63) is 56.4 Å². The van der Waals surface area contributed by atoms with Gasteiger partial charge in [0.2, 0.25) is 0 Å². The third-order valence-corrected chi connectivity index (χ3v) is 7.28. The summed E-state index contributed by atoms with van der Waals surface area (Å²) < 4.78 is 7.29. The molecule has 3 aromatic heterocycles. The summed E-state index contributed by atoms with van der Waals surface area (Å²) in [6.45, 7) is 6.45. The molecule has 4 aromatic rings. The fourth-order valence-electron chi connectivity index (χ4n) is 3.50. The maximum absolute atomic E-state index is 12.6. The SMILES string of the molecule is COCCn1c(SCc2nc3sc(C(C)=O)c(C)c3c(=O)[nH]2)nnc1-c1cccc(C)c1. The second-order valence-corrected chi connectivity index (χ2v) is 9.36. The minimum atomic E-state index is -0.229. The fourth-order valence-corrected chi connectivity index (χ4v) is 5.43. The van der Waals surface area contributed by atoms with Gasteiger partial charge in [-0.2, -0.15) is 0 Å². The first-order valence-corrected chi connectivity index (χ1v) is 11.8. The fraction of sp³-hybridized carbons (Fsp3) is 0.318. The molecule has 10 heteroatoms. The van der Waals surface area contributed by atoms with Gasteiger partial charge in [-0.25, -0.2) is 4.98 Å². The molecule has 0 aliphatic rings. The number of nitrogens with one attached hydrogen (secondary N) is 1. The lowest BCUT2D eigenvalue weighted by molar-refractivity contribution is 0.102. The van der Waals surface area contributed by atoms with E-state index in [1.54, 1.807) is 14.0 Å². The van der Waals surface area contributed by atoms with Crippen LogP contribution in [0.15, 0.2) is 34.2 Å². The van der Waals surface area contributed by atoms with Crippen LogP contribution in [0.5, 0.6) is 0 Å². The Hall–Kier alpha value is -2.82. The number of aryl methyl sites for hydroxylation is 2. The number of carbonyl (C=O) groups is 1. The Labute approximate surface area is 193 Å². The van der Waals surface area contributed by atoms with Gasteiger partial charge in [0, 0.05) is 12.7 Å². The standard InChI is InChI=1S/C22H23N5O3S2/c1-12-6-5-7-15(10-12)19-25-26-22(27(19)8-9-30-4)31-11-16-23-20(29)17-13(2)18(14(3)28)32-21(17)24-16/h5-7,10H,8-9,11H2,1-4H3,(H,23,24,29). The highest BCUT2D eigenvalue weighted by Crippen LogP contribution is 2.29. The molecule has 0 aliphatic carbocycles. The first-order chi connectivity index (χ1) is 15.4. The maximum atomic E-state index is 12.6. The number of methoxy groups -OCH3 is 1. The lowest BCUT2D eigenvalue weighted by atomic mass is 10.1. The summed E-state index contributed by atoms with van der Waals surface area (Å²) >= 11 is 2.70. The van der Waals surface area contributed by atoms with Gasteiger partial charge in [0.15, 0.2) is 16.8 Å². The topological polar surface area (TPSA) is 103 Å². The molecule has 0 radical (unpaired) electrons. The Balaban J connectivity index is 1.64. The molecule has 0 fully saturated rings. The molecule has 0 amide bonds. The Morgan fingerprint density at radius 1 is 1.28 bits per heavy atom. The summed E-state index contributed by atoms with van der Waals surface area (Å²) in [4.78, 5) is 33.1. The first-order valence-electron chi connectivity index (χ1n) is 10.0. The molecule has 166 valence electrons. The lowest BCUT2D eigenvalue weighted by Gasteiger charge is -2.10. The molecule has 32 heavy (non-hydrogen) atoms. The number of thioether (sulfide) groups is 1. The number of benzene rings is 1. The number of rotatable bonds is 8. The molecule has 0 saturated heterocycles. The number of thiophene rings is 1. The first kappa shape index (κ1) is 22.4. The quantitative estimate of drug-likeness (QED) is 0.307. The van der Waals surface area contributed by atoms with Gasteiger partial charge in [-0.3, -0.25) is 14.2 Å². The van der Waals surface area contributed by atoms with E-state index in [2.05, 4.69) is 26.2 Å². The van der Waals surface area contributed by atoms with Gasteiger partial charge in [0.1, 0.15) is 10.7 Å². The Morgan fingerprint density at radius 2 is 2.09 bits per heavy atom. The van der Waals surface area contributed by atoms with E-state index in [4.69, 9.17) is 4.74 Å². The molecule has 0 bridgehead atoms. The zero-order valence-corrected chi connectivity index (χ0v) is 19.9. The van der Waals surface area contributed by atoms with Crippen molar-refractivity contribution < 1.29 is 9.53 Å². The summed E-state index contributed by atoms with van der Waals surface area (Å²) in [5.74, 6) is 1.65. The van der Waals surface area contributed by atoms with Crippen LogP contribution in [0.3, 0.4) is 0 Å². The number of H-pyrrole nitrogens is 1. The van der Waals surface area contributed by atoms with Crippen molar-refractivity contribution in [3.63, 3.8) is 0 Å². The predicted molar refractivity (Wildman–Crippen MR) is 127 cm³/mol. The van der Waals surface area contributed by atoms with E-state index in [9.17, 15) is 9.59 Å². The Bertz CT molecular complexity index is 1360. The van der Waals surface area contributed by atoms with E-state index < -0.39 is 0 Å². The average Bonchev–Trinajstić information content (AvgIpc) is 3.31. The zero-order valence-electron chi connectivity index (χ0n) is 18.3. The molecule has 0 unspecified atom stereocenters. The summed E-state index contributed by atoms with van der Waals surface area (Å²) in [7, 11) is 1.66. The van der Waals surface area contributed by atoms with Crippen LogP contribution in [0.2, 0.25) is 0 Å². The number of nitrogens with zero attached hydrogens (tertiary/aromatic N) is 4. The number of ether oxygens (including phenoxy) is 1. The van der Waals surface area contributed by atoms with Gasteiger partial charge in [0.05, 0.1) is 29.2 Å². The molecule has 0 saturated carbocycles. The van der Waals surface area contributed by atoms with E-state index in [0.29, 0.717) is 50.5 Å². The van der Waals surface area contributed by atoms with Crippen LogP contribution in [0.4, 0.5) is 0 Å². The molecule has 3 heterocycles. The second kappa shape index (κ2) is 9.35. The van der Waals surface area contributed by atoms with Crippen LogP contribution >= 0.6 is 23.1 Å². The third-order valence-electron chi connectivity index (χ3n) is 5.02. The number of Topliss-reactive ketones (excluding diaryl/α,β-unsaturated/α-hetero) is 1. The minimum Gasteiger partial charge on any atom is -0.383 e. The van der Waals surface area contributed by atoms with Crippen molar-refractivity contribution in [2.45, 2.75) is 38.2 Å². The largest absolute Gasteiger partial charge is 0.383 e. The summed E-state index contributed by atoms with van der Waals surface area (Å²) in [5.41, 5.74) is 2.59. The van der Waals surface area contributed by atoms with E-state index in [0.717, 1.165) is 17.0 Å². The normalized spacial score (nSPS) is 11.4. The molecule has 8 nitrogen and oxygen atoms in total. The molecule has 0 spiro atoms. The van der Waals surface area contributed by atoms with Gasteiger partial charge in [-0.15, -0.1) is 21.5 Å². The van der Waals surface area contributed by atoms with Crippen LogP contribution in [-0.2, 0) is 17.0 Å². The number of carbonyl (C=O) groups excluding carboxylic acids is 1. The number of hydrogen-bond donors (Lipinski definition) is 1. The summed E-state index contributed by atoms with van der Waals surface area (Å²) in [5, 5.41) is 9.98. The molecular weight excluding hydrogens is 446 g/mol. The monoisotopic (exact) mass is 469 g/mol. The van der Waals surface area contributed by atoms with E-state index in [1.165, 1.54) is 30.0 Å². The smallest absolute Gasteiger partial charge is 0.259 e. The van der Waals surface area contributed by atoms with Crippen molar-refractivity contribution in [1.82, 2.24) is 24.7 Å². The molecule has 1 aromatic carbocycles. The van der Waals surface area contributed by atoms with Crippen molar-refractivity contribution in [2.24, 2.45) is 0 Å². The van der Waals surface area contributed by atoms with Gasteiger partial charge < -0.3 is 9.72 Å². The van der Waals surface area contributed by atoms with Crippen molar-refractivity contribution in [2.75, 3.05) is 13.7 Å². The van der Waals surface area contributed by atoms with E-state index in [1.807, 2.05) is 29.7 Å². The van der Waals surface area contributed by atoms with Crippen LogP contribution in [-0.4, -0.2) is 44.2 Å². The van der Waals surface area contributed by atoms with Gasteiger partial charge in [-0.05, 0) is 32.4 Å². The molecule has 4 rings (SSSR count). The van der Waals surface area contributed by atoms with Crippen LogP contribution < -0.4 is 5.56 Å². The van der Waals surface area contributed by atoms with Crippen LogP contribution in [0, 0.1) is 13.8 Å². The van der Waals surface area contributed by atoms with Gasteiger partial charge in [-0.1, -0.05) is 35.5 Å². The lowest BCUT2D eigenvalue weighted by Crippen LogP contribution is -2.11. The summed E-state index contributed by atoms with van der Waals surface area (Å²) in [6.07, 6.45) is 0. The van der Waals surface area contributed by atoms with Gasteiger partial charge in [0.25, 0.3) is 5.56 Å². The second-order valence-electron chi connectivity index (χ2n) is 7.41. The van der Waals surface area contributed by atoms with Crippen LogP contribution in [0.1, 0.15) is 33.5 Å². The molecule has 1 N–H and O–H groups in total. The van der Waals surface area contributed by atoms with Crippen molar-refractivity contribution in [3.8, 4) is 11.4 Å². The average molecular weight is 470 g/mol. The Morgan fingerprint density at radius 3 is 2.81 bits per heavy atom. The highest BCUT2D eigenvalue weighted by molar-refractivity contribution is 7.98. The highest BCUT2D eigenvalue weighted by Gasteiger charge is 2.18. The molecule has 0 aliphatic heterocycles. The maximum Gasteiger partial charge on any atom is 0.259 e. The number of aromatic nitrogens is 5. The number of hydrogen-bond acceptors (Lipinski definition) is 8. The zero-order chi connectivity index (χ0) is 22.8. The van der Waals surface area contributed by atoms with Crippen molar-refractivity contribution in [1.29, 1.82) is 0 Å². The third kappa shape index (κ3) is 4.38. The minimum absolute atomic E-state index is 0.0595. The number of fused-ring (bicyclic) bond motifs is 1. The van der Waals surface area contributed by atoms with Crippen molar-refractivity contribution >= 4 is 39.1 Å². The van der Waals surface area contributed by atoms with Gasteiger partial charge >= 0.3 is 0 Å². The van der Waals surface area contributed by atoms with Crippen LogP contribution in [0.25, 0.3) is 21.6 Å². The summed E-state index contributed by atoms with van der Waals surface area (Å²) in [6, 6.07) is 8.11. The number of ketones is 1. The predicted octanol–water partition coefficient (Wildman–Crippen LogP) is 4.00. The molecular formula is C22H23N5O3S2. The Kier molecular flexibility index (Phi) is 6.54. The van der Waals surface area contributed by atoms with E-state index >= 15 is 0 Å². The highest BCUT2D eigenvalue weighted by atomic mass is 32.2. The van der Waals surface area contributed by atoms with E-state index in [-0.39, 0.29) is 11.3 Å².